The predicted molar refractivity (Wildman–Crippen MR) is 71.4 cm³/mol. The van der Waals surface area contributed by atoms with Crippen LogP contribution in [0.15, 0.2) is 16.7 Å². The molecule has 1 aliphatic heterocycles. The lowest BCUT2D eigenvalue weighted by molar-refractivity contribution is 0.0311. The Morgan fingerprint density at radius 2 is 2.00 bits per heavy atom. The van der Waals surface area contributed by atoms with Crippen molar-refractivity contribution in [3.05, 3.63) is 23.7 Å². The van der Waals surface area contributed by atoms with Crippen molar-refractivity contribution in [1.29, 1.82) is 0 Å². The zero-order valence-corrected chi connectivity index (χ0v) is 11.7. The summed E-state index contributed by atoms with van der Waals surface area (Å²) in [6, 6.07) is 2.06. The maximum Gasteiger partial charge on any atom is 0.122 e. The van der Waals surface area contributed by atoms with Gasteiger partial charge in [-0.2, -0.15) is 0 Å². The molecule has 2 rings (SSSR count). The molecule has 18 heavy (non-hydrogen) atoms. The van der Waals surface area contributed by atoms with Crippen LogP contribution in [0.5, 0.6) is 0 Å². The molecule has 0 saturated carbocycles. The molecule has 1 saturated heterocycles. The lowest BCUT2D eigenvalue weighted by atomic mass is 10.1. The molecule has 1 aromatic rings. The minimum atomic E-state index is 0.132. The first kappa shape index (κ1) is 13.6. The quantitative estimate of drug-likeness (QED) is 0.889. The molecule has 0 aromatic carbocycles. The third-order valence-electron chi connectivity index (χ3n) is 3.12. The third kappa shape index (κ3) is 4.12. The lowest BCUT2D eigenvalue weighted by Gasteiger charge is -2.26. The molecule has 0 spiro atoms. The first-order chi connectivity index (χ1) is 8.54. The van der Waals surface area contributed by atoms with Gasteiger partial charge in [0.1, 0.15) is 5.76 Å². The largest absolute Gasteiger partial charge is 0.468 e. The van der Waals surface area contributed by atoms with Crippen molar-refractivity contribution >= 4 is 0 Å². The number of hydrogen-bond acceptors (Lipinski definition) is 4. The van der Waals surface area contributed by atoms with E-state index >= 15 is 0 Å². The summed E-state index contributed by atoms with van der Waals surface area (Å²) >= 11 is 0. The summed E-state index contributed by atoms with van der Waals surface area (Å²) in [5.74, 6) is 1.08. The maximum absolute atomic E-state index is 5.61. The Balaban J connectivity index is 1.90. The van der Waals surface area contributed by atoms with Gasteiger partial charge >= 0.3 is 0 Å². The Morgan fingerprint density at radius 3 is 2.67 bits per heavy atom. The molecule has 0 radical (unpaired) electrons. The van der Waals surface area contributed by atoms with E-state index in [1.165, 1.54) is 5.56 Å². The lowest BCUT2D eigenvalue weighted by Crippen LogP contribution is -2.37. The van der Waals surface area contributed by atoms with E-state index in [2.05, 4.69) is 37.1 Å². The summed E-state index contributed by atoms with van der Waals surface area (Å²) in [6.07, 6.45) is 1.79. The zero-order valence-electron chi connectivity index (χ0n) is 11.7. The summed E-state index contributed by atoms with van der Waals surface area (Å²) in [6.45, 7) is 11.9. The highest BCUT2D eigenvalue weighted by molar-refractivity contribution is 5.17. The van der Waals surface area contributed by atoms with Gasteiger partial charge in [-0.1, -0.05) is 0 Å². The van der Waals surface area contributed by atoms with Crippen molar-refractivity contribution in [2.45, 2.75) is 39.4 Å². The second kappa shape index (κ2) is 5.87. The number of morpholine rings is 1. The van der Waals surface area contributed by atoms with Gasteiger partial charge in [-0.05, 0) is 26.8 Å². The molecule has 2 heterocycles. The van der Waals surface area contributed by atoms with Crippen molar-refractivity contribution in [3.8, 4) is 0 Å². The SMILES string of the molecule is CC(C)(C)NCc1ccoc1CN1CCOCC1. The van der Waals surface area contributed by atoms with Crippen molar-refractivity contribution < 1.29 is 9.15 Å². The van der Waals surface area contributed by atoms with E-state index in [4.69, 9.17) is 9.15 Å². The molecule has 0 atom stereocenters. The molecule has 1 N–H and O–H groups in total. The van der Waals surface area contributed by atoms with E-state index < -0.39 is 0 Å². The highest BCUT2D eigenvalue weighted by Crippen LogP contribution is 2.15. The van der Waals surface area contributed by atoms with Gasteiger partial charge in [0.15, 0.2) is 0 Å². The van der Waals surface area contributed by atoms with Gasteiger partial charge in [0.25, 0.3) is 0 Å². The van der Waals surface area contributed by atoms with Crippen LogP contribution in [-0.2, 0) is 17.8 Å². The van der Waals surface area contributed by atoms with E-state index in [-0.39, 0.29) is 5.54 Å². The van der Waals surface area contributed by atoms with Crippen molar-refractivity contribution in [3.63, 3.8) is 0 Å². The fourth-order valence-electron chi connectivity index (χ4n) is 1.99. The topological polar surface area (TPSA) is 37.6 Å². The molecule has 0 amide bonds. The third-order valence-corrected chi connectivity index (χ3v) is 3.12. The van der Waals surface area contributed by atoms with Gasteiger partial charge in [0.05, 0.1) is 26.0 Å². The number of nitrogens with one attached hydrogen (secondary N) is 1. The van der Waals surface area contributed by atoms with Gasteiger partial charge < -0.3 is 14.5 Å². The van der Waals surface area contributed by atoms with Crippen LogP contribution >= 0.6 is 0 Å². The second-order valence-corrected chi connectivity index (χ2v) is 5.86. The number of hydrogen-bond donors (Lipinski definition) is 1. The fourth-order valence-corrected chi connectivity index (χ4v) is 1.99. The molecule has 1 aromatic heterocycles. The zero-order chi connectivity index (χ0) is 13.0. The maximum atomic E-state index is 5.61. The van der Waals surface area contributed by atoms with Gasteiger partial charge in [-0.3, -0.25) is 4.90 Å². The van der Waals surface area contributed by atoms with Crippen LogP contribution in [0.3, 0.4) is 0 Å². The van der Waals surface area contributed by atoms with Crippen molar-refractivity contribution in [2.75, 3.05) is 26.3 Å². The molecule has 0 bridgehead atoms. The van der Waals surface area contributed by atoms with Crippen LogP contribution in [0.25, 0.3) is 0 Å². The molecule has 0 aliphatic carbocycles. The number of furan rings is 1. The normalized spacial score (nSPS) is 18.2. The van der Waals surface area contributed by atoms with E-state index in [1.807, 2.05) is 0 Å². The number of ether oxygens (including phenoxy) is 1. The second-order valence-electron chi connectivity index (χ2n) is 5.86. The van der Waals surface area contributed by atoms with Crippen LogP contribution in [0, 0.1) is 0 Å². The average Bonchev–Trinajstić information content (AvgIpc) is 2.74. The van der Waals surface area contributed by atoms with Crippen molar-refractivity contribution in [2.24, 2.45) is 0 Å². The minimum absolute atomic E-state index is 0.132. The van der Waals surface area contributed by atoms with E-state index in [0.717, 1.165) is 45.2 Å². The number of rotatable bonds is 4. The summed E-state index contributed by atoms with van der Waals surface area (Å²) < 4.78 is 11.0. The van der Waals surface area contributed by atoms with E-state index in [0.29, 0.717) is 0 Å². The Morgan fingerprint density at radius 1 is 1.28 bits per heavy atom. The van der Waals surface area contributed by atoms with E-state index in [1.54, 1.807) is 6.26 Å². The molecule has 4 nitrogen and oxygen atoms in total. The summed E-state index contributed by atoms with van der Waals surface area (Å²) in [5, 5.41) is 3.50. The first-order valence-corrected chi connectivity index (χ1v) is 6.65. The molecule has 1 fully saturated rings. The molecule has 1 aliphatic rings. The van der Waals surface area contributed by atoms with Gasteiger partial charge in [-0.15, -0.1) is 0 Å². The van der Waals surface area contributed by atoms with E-state index in [9.17, 15) is 0 Å². The summed E-state index contributed by atoms with van der Waals surface area (Å²) in [5.41, 5.74) is 1.39. The summed E-state index contributed by atoms with van der Waals surface area (Å²) in [4.78, 5) is 2.38. The van der Waals surface area contributed by atoms with Crippen LogP contribution < -0.4 is 5.32 Å². The highest BCUT2D eigenvalue weighted by Gasteiger charge is 2.16. The highest BCUT2D eigenvalue weighted by atomic mass is 16.5. The van der Waals surface area contributed by atoms with Gasteiger partial charge in [-0.25, -0.2) is 0 Å². The van der Waals surface area contributed by atoms with Crippen LogP contribution in [0.2, 0.25) is 0 Å². The van der Waals surface area contributed by atoms with Crippen LogP contribution in [0.1, 0.15) is 32.1 Å². The smallest absolute Gasteiger partial charge is 0.122 e. The Kier molecular flexibility index (Phi) is 4.43. The standard InChI is InChI=1S/C14H24N2O2/c1-14(2,3)15-10-12-4-7-18-13(12)11-16-5-8-17-9-6-16/h4,7,15H,5-6,8-11H2,1-3H3. The van der Waals surface area contributed by atoms with Gasteiger partial charge in [0, 0.05) is 30.7 Å². The Labute approximate surface area is 109 Å². The monoisotopic (exact) mass is 252 g/mol. The average molecular weight is 252 g/mol. The number of nitrogens with zero attached hydrogens (tertiary/aromatic N) is 1. The minimum Gasteiger partial charge on any atom is -0.468 e. The van der Waals surface area contributed by atoms with Crippen LogP contribution in [0.4, 0.5) is 0 Å². The predicted octanol–water partition coefficient (Wildman–Crippen LogP) is 2.00. The molecule has 4 heteroatoms. The fraction of sp³-hybridized carbons (Fsp3) is 0.714. The first-order valence-electron chi connectivity index (χ1n) is 6.65. The molecule has 0 unspecified atom stereocenters. The van der Waals surface area contributed by atoms with Gasteiger partial charge in [0.2, 0.25) is 0 Å². The van der Waals surface area contributed by atoms with Crippen molar-refractivity contribution in [1.82, 2.24) is 10.2 Å². The Bertz CT molecular complexity index is 362. The van der Waals surface area contributed by atoms with Crippen LogP contribution in [-0.4, -0.2) is 36.7 Å². The summed E-state index contributed by atoms with van der Waals surface area (Å²) in [7, 11) is 0. The molecular formula is C14H24N2O2. The molecular weight excluding hydrogens is 228 g/mol. The Hall–Kier alpha value is -0.840. The molecule has 102 valence electrons.